The molecule has 222 valence electrons. The molecule has 4 saturated heterocycles. The van der Waals surface area contributed by atoms with Crippen molar-refractivity contribution in [3.63, 3.8) is 0 Å². The number of thiazole rings is 1. The van der Waals surface area contributed by atoms with Gasteiger partial charge in [0.25, 0.3) is 11.8 Å². The molecule has 1 aliphatic carbocycles. The molecule has 1 aromatic heterocycles. The summed E-state index contributed by atoms with van der Waals surface area (Å²) in [6, 6.07) is 4.83. The summed E-state index contributed by atoms with van der Waals surface area (Å²) < 4.78 is 85.9. The van der Waals surface area contributed by atoms with Gasteiger partial charge in [-0.05, 0) is 24.6 Å². The average Bonchev–Trinajstić information content (AvgIpc) is 3.59. The number of carbonyl (C=O) groups excluding carboxylic acids is 2. The van der Waals surface area contributed by atoms with E-state index in [4.69, 9.17) is 14.2 Å². The largest absolute Gasteiger partial charge is 0.496 e. The Morgan fingerprint density at radius 1 is 1.12 bits per heavy atom. The Hall–Kier alpha value is -3.56. The molecule has 3 aromatic rings. The molecule has 2 amide bonds. The molecule has 0 radical (unpaired) electrons. The fourth-order valence-electron chi connectivity index (χ4n) is 6.43. The predicted molar refractivity (Wildman–Crippen MR) is 140 cm³/mol. The number of benzene rings is 2. The van der Waals surface area contributed by atoms with Crippen LogP contribution in [0, 0.1) is 11.6 Å². The minimum Gasteiger partial charge on any atom is -0.496 e. The number of carbonyl (C=O) groups is 2. The maximum Gasteiger partial charge on any atom is 0.417 e. The van der Waals surface area contributed by atoms with Gasteiger partial charge in [-0.25, -0.2) is 13.8 Å². The number of hydrogen-bond acceptors (Lipinski definition) is 8. The zero-order valence-corrected chi connectivity index (χ0v) is 22.8. The summed E-state index contributed by atoms with van der Waals surface area (Å²) in [5.41, 5.74) is -4.38. The van der Waals surface area contributed by atoms with Gasteiger partial charge < -0.3 is 29.7 Å². The van der Waals surface area contributed by atoms with Crippen LogP contribution in [0.15, 0.2) is 24.3 Å². The Kier molecular flexibility index (Phi) is 5.99. The van der Waals surface area contributed by atoms with Crippen LogP contribution >= 0.6 is 11.3 Å². The van der Waals surface area contributed by atoms with E-state index in [9.17, 15) is 27.2 Å². The number of hydrogen-bond donors (Lipinski definition) is 2. The summed E-state index contributed by atoms with van der Waals surface area (Å²) in [5.74, 6) is -4.12. The van der Waals surface area contributed by atoms with Gasteiger partial charge in [0.2, 0.25) is 0 Å². The van der Waals surface area contributed by atoms with E-state index in [0.29, 0.717) is 34.6 Å². The minimum absolute atomic E-state index is 0.0495. The first-order chi connectivity index (χ1) is 19.9. The zero-order valence-electron chi connectivity index (χ0n) is 21.9. The van der Waals surface area contributed by atoms with Gasteiger partial charge in [0.05, 0.1) is 66.0 Å². The predicted octanol–water partition coefficient (Wildman–Crippen LogP) is 4.41. The SMILES string of the molecule is COc1ccc2nc(N3C4COCC3C4)sc2c1C(=O)Nc1cc(F)cc(F)c1C(=O)NC12COC(C(F)(F)F)(C1)C2. The average molecular weight is 611 g/mol. The van der Waals surface area contributed by atoms with Crippen LogP contribution in [-0.4, -0.2) is 73.1 Å². The number of ether oxygens (including phenoxy) is 3. The molecule has 5 fully saturated rings. The molecule has 4 bridgehead atoms. The molecule has 2 unspecified atom stereocenters. The Morgan fingerprint density at radius 2 is 1.86 bits per heavy atom. The lowest BCUT2D eigenvalue weighted by atomic mass is 9.68. The first-order valence-electron chi connectivity index (χ1n) is 13.1. The molecule has 15 heteroatoms. The monoisotopic (exact) mass is 610 g/mol. The molecule has 2 N–H and O–H groups in total. The van der Waals surface area contributed by atoms with Crippen LogP contribution < -0.4 is 20.3 Å². The second-order valence-electron chi connectivity index (χ2n) is 11.1. The quantitative estimate of drug-likeness (QED) is 0.399. The first-order valence-corrected chi connectivity index (χ1v) is 13.9. The maximum atomic E-state index is 15.0. The van der Waals surface area contributed by atoms with Crippen LogP contribution in [0.25, 0.3) is 10.2 Å². The van der Waals surface area contributed by atoms with Crippen molar-refractivity contribution in [1.29, 1.82) is 0 Å². The molecular formula is C27H23F5N4O5S. The second kappa shape index (κ2) is 9.22. The summed E-state index contributed by atoms with van der Waals surface area (Å²) in [7, 11) is 1.36. The Morgan fingerprint density at radius 3 is 2.50 bits per heavy atom. The molecule has 0 spiro atoms. The summed E-state index contributed by atoms with van der Waals surface area (Å²) in [4.78, 5) is 33.7. The first kappa shape index (κ1) is 27.3. The number of morpholine rings is 1. The van der Waals surface area contributed by atoms with E-state index in [2.05, 4.69) is 20.5 Å². The summed E-state index contributed by atoms with van der Waals surface area (Å²) in [5, 5.41) is 5.54. The Labute approximate surface area is 238 Å². The van der Waals surface area contributed by atoms with E-state index in [0.717, 1.165) is 12.5 Å². The van der Waals surface area contributed by atoms with Crippen LogP contribution in [-0.2, 0) is 9.47 Å². The molecule has 5 heterocycles. The fourth-order valence-corrected chi connectivity index (χ4v) is 7.67. The van der Waals surface area contributed by atoms with Crippen molar-refractivity contribution >= 4 is 44.2 Å². The number of nitrogens with one attached hydrogen (secondary N) is 2. The van der Waals surface area contributed by atoms with Crippen molar-refractivity contribution < 1.29 is 45.8 Å². The highest BCUT2D eigenvalue weighted by Crippen LogP contribution is 2.59. The summed E-state index contributed by atoms with van der Waals surface area (Å²) >= 11 is 1.26. The van der Waals surface area contributed by atoms with Gasteiger partial charge in [-0.2, -0.15) is 13.2 Å². The topological polar surface area (TPSA) is 102 Å². The standard InChI is InChI=1S/C27H23F5N4O5S/c1-39-18-3-2-16-21(42-24(34-16)36-13-6-14(36)8-40-7-13)20(18)22(37)33-17-5-12(28)4-15(29)19(17)23(38)35-25-9-26(10-25,41-11-25)27(30,31)32/h2-5,13-14H,6-11H2,1H3,(H,33,37)(H,35,38). The van der Waals surface area contributed by atoms with E-state index in [1.54, 1.807) is 12.1 Å². The third-order valence-electron chi connectivity index (χ3n) is 8.43. The highest BCUT2D eigenvalue weighted by atomic mass is 32.1. The lowest BCUT2D eigenvalue weighted by molar-refractivity contribution is -0.273. The van der Waals surface area contributed by atoms with Gasteiger partial charge in [-0.15, -0.1) is 0 Å². The smallest absolute Gasteiger partial charge is 0.417 e. The molecule has 2 aromatic carbocycles. The Bertz CT molecular complexity index is 1630. The zero-order chi connectivity index (χ0) is 29.6. The van der Waals surface area contributed by atoms with E-state index in [-0.39, 0.29) is 23.4 Å². The van der Waals surface area contributed by atoms with E-state index in [1.165, 1.54) is 18.4 Å². The third kappa shape index (κ3) is 4.04. The highest BCUT2D eigenvalue weighted by Gasteiger charge is 2.74. The van der Waals surface area contributed by atoms with E-state index >= 15 is 4.39 Å². The fraction of sp³-hybridized carbons (Fsp3) is 0.444. The Balaban J connectivity index is 1.19. The van der Waals surface area contributed by atoms with Crippen molar-refractivity contribution in [3.8, 4) is 5.75 Å². The second-order valence-corrected chi connectivity index (χ2v) is 12.1. The molecule has 42 heavy (non-hydrogen) atoms. The maximum absolute atomic E-state index is 15.0. The van der Waals surface area contributed by atoms with Gasteiger partial charge in [0.1, 0.15) is 22.9 Å². The lowest BCUT2D eigenvalue weighted by Crippen LogP contribution is -2.64. The molecular weight excluding hydrogens is 587 g/mol. The number of rotatable bonds is 6. The van der Waals surface area contributed by atoms with Gasteiger partial charge in [0, 0.05) is 18.9 Å². The number of fused-ring (bicyclic) bond motifs is 4. The van der Waals surface area contributed by atoms with Gasteiger partial charge in [-0.3, -0.25) is 9.59 Å². The van der Waals surface area contributed by atoms with Crippen LogP contribution in [0.2, 0.25) is 0 Å². The minimum atomic E-state index is -4.63. The van der Waals surface area contributed by atoms with Gasteiger partial charge in [0.15, 0.2) is 10.7 Å². The summed E-state index contributed by atoms with van der Waals surface area (Å²) in [6.45, 7) is 0.730. The molecule has 4 aliphatic heterocycles. The number of anilines is 2. The number of nitrogens with zero attached hydrogens (tertiary/aromatic N) is 2. The lowest BCUT2D eigenvalue weighted by Gasteiger charge is -2.52. The van der Waals surface area contributed by atoms with Crippen molar-refractivity contribution in [2.75, 3.05) is 37.1 Å². The van der Waals surface area contributed by atoms with Crippen molar-refractivity contribution in [1.82, 2.24) is 10.3 Å². The summed E-state index contributed by atoms with van der Waals surface area (Å²) in [6.07, 6.45) is -4.71. The van der Waals surface area contributed by atoms with Crippen molar-refractivity contribution in [2.24, 2.45) is 0 Å². The van der Waals surface area contributed by atoms with Crippen molar-refractivity contribution in [3.05, 3.63) is 47.0 Å². The highest BCUT2D eigenvalue weighted by molar-refractivity contribution is 7.22. The normalized spacial score (nSPS) is 27.8. The van der Waals surface area contributed by atoms with E-state index in [1.807, 2.05) is 0 Å². The number of halogens is 5. The number of methoxy groups -OCH3 is 1. The molecule has 1 saturated carbocycles. The number of alkyl halides is 3. The number of aromatic nitrogens is 1. The molecule has 9 nitrogen and oxygen atoms in total. The van der Waals surface area contributed by atoms with Crippen LogP contribution in [0.5, 0.6) is 5.75 Å². The number of amides is 2. The van der Waals surface area contributed by atoms with Gasteiger partial charge >= 0.3 is 6.18 Å². The molecule has 8 rings (SSSR count). The third-order valence-corrected chi connectivity index (χ3v) is 9.53. The van der Waals surface area contributed by atoms with Gasteiger partial charge in [-0.1, -0.05) is 11.3 Å². The van der Waals surface area contributed by atoms with Crippen LogP contribution in [0.4, 0.5) is 32.8 Å². The molecule has 2 atom stereocenters. The molecule has 5 aliphatic rings. The van der Waals surface area contributed by atoms with Crippen LogP contribution in [0.1, 0.15) is 40.0 Å². The van der Waals surface area contributed by atoms with E-state index < -0.39 is 71.5 Å². The van der Waals surface area contributed by atoms with Crippen LogP contribution in [0.3, 0.4) is 0 Å². The van der Waals surface area contributed by atoms with Crippen molar-refractivity contribution in [2.45, 2.75) is 48.7 Å².